The molecule has 0 bridgehead atoms. The molecule has 1 spiro atoms. The monoisotopic (exact) mass is 866 g/mol. The molecule has 0 heterocycles. The van der Waals surface area contributed by atoms with Gasteiger partial charge in [-0.1, -0.05) is 202 Å². The van der Waals surface area contributed by atoms with Crippen molar-refractivity contribution >= 4 is 55.7 Å². The van der Waals surface area contributed by atoms with Gasteiger partial charge in [-0.15, -0.1) is 0 Å². The van der Waals surface area contributed by atoms with Gasteiger partial charge in [0.2, 0.25) is 0 Å². The first-order valence-electron chi connectivity index (χ1n) is 23.9. The third kappa shape index (κ3) is 5.23. The molecular formula is C66H46N2. The van der Waals surface area contributed by atoms with Crippen molar-refractivity contribution in [3.05, 3.63) is 276 Å². The van der Waals surface area contributed by atoms with E-state index in [1.165, 1.54) is 88.3 Å². The zero-order chi connectivity index (χ0) is 45.1. The second-order valence-corrected chi connectivity index (χ2v) is 19.1. The maximum atomic E-state index is 2.60. The molecule has 0 aromatic heterocycles. The predicted octanol–water partition coefficient (Wildman–Crippen LogP) is 17.6. The number of hydrogen-bond acceptors (Lipinski definition) is 2. The number of nitrogens with zero attached hydrogens (tertiary/aromatic N) is 2. The fourth-order valence-electron chi connectivity index (χ4n) is 12.6. The molecule has 0 aliphatic heterocycles. The van der Waals surface area contributed by atoms with Gasteiger partial charge in [-0.25, -0.2) is 0 Å². The Morgan fingerprint density at radius 2 is 0.735 bits per heavy atom. The first-order valence-corrected chi connectivity index (χ1v) is 23.9. The Hall–Kier alpha value is -8.46. The van der Waals surface area contributed by atoms with Crippen molar-refractivity contribution in [2.24, 2.45) is 0 Å². The standard InChI is InChI=1S/C66H46N2/c1-65(2)53-33-18-16-31-50(53)64-55(65)35-20-36-59(64)68(47-27-10-5-11-28-47)61-42-58-52(41-60(61)67(45-23-6-3-7-24-45)46-25-8-4-9-26-46)63-49-30-15-13-22-44(49)38-40-57(63)66(58)54-34-19-17-32-51(54)62-48-29-14-12-21-43(48)37-39-56(62)66/h3-42H,1-2H3. The quantitative estimate of drug-likeness (QED) is 0.164. The van der Waals surface area contributed by atoms with E-state index in [4.69, 9.17) is 0 Å². The van der Waals surface area contributed by atoms with E-state index in [0.29, 0.717) is 0 Å². The van der Waals surface area contributed by atoms with E-state index in [9.17, 15) is 0 Å². The van der Waals surface area contributed by atoms with E-state index in [2.05, 4.69) is 266 Å². The number of fused-ring (bicyclic) bond motifs is 17. The molecule has 320 valence electrons. The van der Waals surface area contributed by atoms with Crippen molar-refractivity contribution in [3.63, 3.8) is 0 Å². The average Bonchev–Trinajstić information content (AvgIpc) is 3.96. The summed E-state index contributed by atoms with van der Waals surface area (Å²) in [5.41, 5.74) is 21.5. The number of hydrogen-bond donors (Lipinski definition) is 0. The SMILES string of the molecule is CC1(C)c2ccccc2-c2c(N(c3ccccc3)c3cc4c(cc3N(c3ccccc3)c3ccccc3)-c3c(ccc5ccccc35)C43c4ccccc4-c4c3ccc3ccccc43)cccc21. The molecule has 3 aliphatic rings. The molecule has 1 atom stereocenters. The third-order valence-electron chi connectivity index (χ3n) is 15.4. The van der Waals surface area contributed by atoms with Gasteiger partial charge in [-0.3, -0.25) is 0 Å². The minimum Gasteiger partial charge on any atom is -0.308 e. The molecule has 68 heavy (non-hydrogen) atoms. The topological polar surface area (TPSA) is 6.48 Å². The molecule has 11 aromatic carbocycles. The maximum absolute atomic E-state index is 2.60. The van der Waals surface area contributed by atoms with Crippen molar-refractivity contribution in [2.45, 2.75) is 24.7 Å². The predicted molar refractivity (Wildman–Crippen MR) is 285 cm³/mol. The lowest BCUT2D eigenvalue weighted by Crippen LogP contribution is -2.26. The highest BCUT2D eigenvalue weighted by Crippen LogP contribution is 2.67. The van der Waals surface area contributed by atoms with E-state index < -0.39 is 5.41 Å². The number of para-hydroxylation sites is 3. The Balaban J connectivity index is 1.18. The van der Waals surface area contributed by atoms with Crippen LogP contribution < -0.4 is 9.80 Å². The molecule has 0 amide bonds. The second kappa shape index (κ2) is 14.5. The van der Waals surface area contributed by atoms with Crippen LogP contribution in [-0.4, -0.2) is 0 Å². The Morgan fingerprint density at radius 1 is 0.279 bits per heavy atom. The smallest absolute Gasteiger partial charge is 0.0726 e. The van der Waals surface area contributed by atoms with Crippen LogP contribution in [-0.2, 0) is 10.8 Å². The fourth-order valence-corrected chi connectivity index (χ4v) is 12.6. The van der Waals surface area contributed by atoms with Crippen LogP contribution in [0.25, 0.3) is 54.9 Å². The Morgan fingerprint density at radius 3 is 1.34 bits per heavy atom. The Bertz CT molecular complexity index is 3790. The number of benzene rings is 11. The van der Waals surface area contributed by atoms with Crippen molar-refractivity contribution < 1.29 is 0 Å². The summed E-state index contributed by atoms with van der Waals surface area (Å²) in [5, 5.41) is 5.04. The summed E-state index contributed by atoms with van der Waals surface area (Å²) >= 11 is 0. The highest BCUT2D eigenvalue weighted by atomic mass is 15.2. The molecule has 14 rings (SSSR count). The minimum atomic E-state index is -0.613. The summed E-state index contributed by atoms with van der Waals surface area (Å²) in [6.45, 7) is 4.76. The molecule has 0 radical (unpaired) electrons. The maximum Gasteiger partial charge on any atom is 0.0726 e. The van der Waals surface area contributed by atoms with Gasteiger partial charge >= 0.3 is 0 Å². The first kappa shape index (κ1) is 38.8. The molecule has 0 saturated carbocycles. The van der Waals surface area contributed by atoms with Crippen molar-refractivity contribution in [1.82, 2.24) is 0 Å². The van der Waals surface area contributed by atoms with Crippen LogP contribution in [0.1, 0.15) is 47.2 Å². The van der Waals surface area contributed by atoms with Gasteiger partial charge in [0.25, 0.3) is 0 Å². The number of rotatable bonds is 6. The average molecular weight is 867 g/mol. The molecule has 1 unspecified atom stereocenters. The lowest BCUT2D eigenvalue weighted by atomic mass is 9.70. The lowest BCUT2D eigenvalue weighted by Gasteiger charge is -2.36. The van der Waals surface area contributed by atoms with E-state index in [-0.39, 0.29) is 5.41 Å². The van der Waals surface area contributed by atoms with Gasteiger partial charge in [0.1, 0.15) is 0 Å². The lowest BCUT2D eigenvalue weighted by molar-refractivity contribution is 0.660. The summed E-state index contributed by atoms with van der Waals surface area (Å²) in [6.07, 6.45) is 0. The summed E-state index contributed by atoms with van der Waals surface area (Å²) in [4.78, 5) is 5.05. The molecule has 0 N–H and O–H groups in total. The third-order valence-corrected chi connectivity index (χ3v) is 15.4. The molecule has 11 aromatic rings. The first-order chi connectivity index (χ1) is 33.5. The van der Waals surface area contributed by atoms with E-state index in [1.807, 2.05) is 0 Å². The molecule has 0 fully saturated rings. The second-order valence-electron chi connectivity index (χ2n) is 19.1. The van der Waals surface area contributed by atoms with Gasteiger partial charge in [-0.05, 0) is 137 Å². The number of anilines is 6. The van der Waals surface area contributed by atoms with Crippen molar-refractivity contribution in [2.75, 3.05) is 9.80 Å². The van der Waals surface area contributed by atoms with Gasteiger partial charge < -0.3 is 9.80 Å². The highest BCUT2D eigenvalue weighted by molar-refractivity contribution is 6.12. The summed E-state index contributed by atoms with van der Waals surface area (Å²) < 4.78 is 0. The molecule has 3 aliphatic carbocycles. The van der Waals surface area contributed by atoms with Crippen LogP contribution >= 0.6 is 0 Å². The van der Waals surface area contributed by atoms with Crippen molar-refractivity contribution in [1.29, 1.82) is 0 Å². The molecular weight excluding hydrogens is 821 g/mol. The van der Waals surface area contributed by atoms with Crippen LogP contribution in [0.3, 0.4) is 0 Å². The van der Waals surface area contributed by atoms with Crippen LogP contribution in [0, 0.1) is 0 Å². The fraction of sp³-hybridized carbons (Fsp3) is 0.0606. The van der Waals surface area contributed by atoms with Gasteiger partial charge in [0.05, 0.1) is 22.5 Å². The van der Waals surface area contributed by atoms with Gasteiger partial charge in [0, 0.05) is 28.0 Å². The van der Waals surface area contributed by atoms with E-state index in [0.717, 1.165) is 34.1 Å². The van der Waals surface area contributed by atoms with E-state index >= 15 is 0 Å². The van der Waals surface area contributed by atoms with E-state index in [1.54, 1.807) is 0 Å². The Labute approximate surface area is 397 Å². The Kier molecular flexibility index (Phi) is 8.28. The molecule has 2 heteroatoms. The zero-order valence-electron chi connectivity index (χ0n) is 38.0. The zero-order valence-corrected chi connectivity index (χ0v) is 38.0. The van der Waals surface area contributed by atoms with Crippen LogP contribution in [0.2, 0.25) is 0 Å². The minimum absolute atomic E-state index is 0.183. The van der Waals surface area contributed by atoms with Gasteiger partial charge in [-0.2, -0.15) is 0 Å². The van der Waals surface area contributed by atoms with Crippen molar-refractivity contribution in [3.8, 4) is 33.4 Å². The normalized spacial score (nSPS) is 15.4. The highest BCUT2D eigenvalue weighted by Gasteiger charge is 2.53. The molecule has 0 saturated heterocycles. The molecule has 2 nitrogen and oxygen atoms in total. The summed E-state index contributed by atoms with van der Waals surface area (Å²) in [6, 6.07) is 90.8. The van der Waals surface area contributed by atoms with Crippen LogP contribution in [0.4, 0.5) is 34.1 Å². The van der Waals surface area contributed by atoms with Gasteiger partial charge in [0.15, 0.2) is 0 Å². The van der Waals surface area contributed by atoms with Crippen LogP contribution in [0.5, 0.6) is 0 Å². The summed E-state index contributed by atoms with van der Waals surface area (Å²) in [7, 11) is 0. The summed E-state index contributed by atoms with van der Waals surface area (Å²) in [5.74, 6) is 0. The largest absolute Gasteiger partial charge is 0.308 e. The van der Waals surface area contributed by atoms with Crippen LogP contribution in [0.15, 0.2) is 243 Å².